The maximum Gasteiger partial charge on any atom is 0.296 e. The summed E-state index contributed by atoms with van der Waals surface area (Å²) in [6, 6.07) is 2.94. The van der Waals surface area contributed by atoms with Gasteiger partial charge in [-0.25, -0.2) is 0 Å². The normalized spacial score (nSPS) is 18.8. The van der Waals surface area contributed by atoms with Crippen molar-refractivity contribution in [2.75, 3.05) is 23.8 Å². The highest BCUT2D eigenvalue weighted by Gasteiger charge is 2.32. The number of anilines is 2. The molecule has 112 valence electrons. The molecule has 2 N–H and O–H groups in total. The molecule has 1 heterocycles. The van der Waals surface area contributed by atoms with Gasteiger partial charge >= 0.3 is 0 Å². The first kappa shape index (κ1) is 13.7. The molecule has 3 rings (SSSR count). The monoisotopic (exact) mass is 291 g/mol. The lowest BCUT2D eigenvalue weighted by molar-refractivity contribution is -0.384. The number of nitro groups is 1. The molecule has 21 heavy (non-hydrogen) atoms. The van der Waals surface area contributed by atoms with Crippen LogP contribution < -0.4 is 15.4 Å². The van der Waals surface area contributed by atoms with Crippen LogP contribution >= 0.6 is 0 Å². The zero-order valence-electron chi connectivity index (χ0n) is 11.8. The fourth-order valence-electron chi connectivity index (χ4n) is 2.67. The molecule has 1 aliphatic carbocycles. The van der Waals surface area contributed by atoms with Crippen molar-refractivity contribution in [3.63, 3.8) is 0 Å². The fourth-order valence-corrected chi connectivity index (χ4v) is 2.67. The van der Waals surface area contributed by atoms with E-state index < -0.39 is 4.92 Å². The number of amides is 1. The Morgan fingerprint density at radius 2 is 2.24 bits per heavy atom. The Labute approximate surface area is 121 Å². The number of nitrogens with one attached hydrogen (secondary N) is 2. The van der Waals surface area contributed by atoms with E-state index in [1.54, 1.807) is 6.07 Å². The summed E-state index contributed by atoms with van der Waals surface area (Å²) in [4.78, 5) is 22.1. The number of fused-ring (bicyclic) bond motifs is 1. The second-order valence-corrected chi connectivity index (χ2v) is 5.98. The number of rotatable bonds is 4. The van der Waals surface area contributed by atoms with Gasteiger partial charge in [0.2, 0.25) is 0 Å². The van der Waals surface area contributed by atoms with Gasteiger partial charge < -0.3 is 15.4 Å². The standard InChI is InChI=1S/C14H17N3O4/c1-14(3-2-4-14)8-15-9-5-10-12(6-11(9)17(19)20)21-7-13(18)16-10/h5-6,15H,2-4,7-8H2,1H3,(H,16,18). The topological polar surface area (TPSA) is 93.5 Å². The molecule has 1 aliphatic heterocycles. The van der Waals surface area contributed by atoms with Crippen LogP contribution in [0.4, 0.5) is 17.1 Å². The summed E-state index contributed by atoms with van der Waals surface area (Å²) in [5.41, 5.74) is 1.05. The fraction of sp³-hybridized carbons (Fsp3) is 0.500. The van der Waals surface area contributed by atoms with Gasteiger partial charge in [-0.2, -0.15) is 0 Å². The van der Waals surface area contributed by atoms with E-state index in [0.717, 1.165) is 12.8 Å². The van der Waals surface area contributed by atoms with Crippen molar-refractivity contribution in [1.29, 1.82) is 0 Å². The number of carbonyl (C=O) groups excluding carboxylic acids is 1. The number of hydrogen-bond acceptors (Lipinski definition) is 5. The van der Waals surface area contributed by atoms with Gasteiger partial charge in [0.05, 0.1) is 16.7 Å². The third kappa shape index (κ3) is 2.63. The molecular formula is C14H17N3O4. The molecule has 1 aromatic carbocycles. The third-order valence-corrected chi connectivity index (χ3v) is 4.19. The summed E-state index contributed by atoms with van der Waals surface area (Å²) < 4.78 is 5.22. The largest absolute Gasteiger partial charge is 0.481 e. The molecule has 0 unspecified atom stereocenters. The Hall–Kier alpha value is -2.31. The highest BCUT2D eigenvalue weighted by molar-refractivity contribution is 5.96. The number of nitro benzene ring substituents is 1. The van der Waals surface area contributed by atoms with E-state index in [0.29, 0.717) is 23.7 Å². The lowest BCUT2D eigenvalue weighted by atomic mass is 9.70. The predicted octanol–water partition coefficient (Wildman–Crippen LogP) is 2.53. The van der Waals surface area contributed by atoms with Gasteiger partial charge in [-0.3, -0.25) is 14.9 Å². The minimum atomic E-state index is -0.439. The maximum absolute atomic E-state index is 11.3. The summed E-state index contributed by atoms with van der Waals surface area (Å²) in [6.45, 7) is 2.73. The van der Waals surface area contributed by atoms with Gasteiger partial charge in [-0.05, 0) is 24.3 Å². The molecule has 1 fully saturated rings. The van der Waals surface area contributed by atoms with Gasteiger partial charge in [0.1, 0.15) is 5.69 Å². The van der Waals surface area contributed by atoms with Gasteiger partial charge in [0, 0.05) is 6.54 Å². The van der Waals surface area contributed by atoms with E-state index in [1.165, 1.54) is 12.5 Å². The summed E-state index contributed by atoms with van der Waals surface area (Å²) >= 11 is 0. The zero-order valence-corrected chi connectivity index (χ0v) is 11.8. The number of nitrogens with zero attached hydrogens (tertiary/aromatic N) is 1. The van der Waals surface area contributed by atoms with Crippen LogP contribution in [0.5, 0.6) is 5.75 Å². The average molecular weight is 291 g/mol. The van der Waals surface area contributed by atoms with Gasteiger partial charge in [-0.15, -0.1) is 0 Å². The summed E-state index contributed by atoms with van der Waals surface area (Å²) in [6.07, 6.45) is 3.45. The lowest BCUT2D eigenvalue weighted by Crippen LogP contribution is -2.33. The van der Waals surface area contributed by atoms with Crippen LogP contribution in [0.1, 0.15) is 26.2 Å². The second kappa shape index (κ2) is 4.91. The van der Waals surface area contributed by atoms with Crippen molar-refractivity contribution in [3.8, 4) is 5.75 Å². The van der Waals surface area contributed by atoms with Crippen LogP contribution in [0, 0.1) is 15.5 Å². The van der Waals surface area contributed by atoms with E-state index in [2.05, 4.69) is 17.6 Å². The maximum atomic E-state index is 11.3. The molecule has 0 bridgehead atoms. The third-order valence-electron chi connectivity index (χ3n) is 4.19. The Kier molecular flexibility index (Phi) is 3.19. The Morgan fingerprint density at radius 3 is 2.86 bits per heavy atom. The summed E-state index contributed by atoms with van der Waals surface area (Å²) in [7, 11) is 0. The van der Waals surface area contributed by atoms with E-state index in [9.17, 15) is 14.9 Å². The predicted molar refractivity (Wildman–Crippen MR) is 77.7 cm³/mol. The highest BCUT2D eigenvalue weighted by Crippen LogP contribution is 2.42. The Bertz CT molecular complexity index is 610. The van der Waals surface area contributed by atoms with Crippen LogP contribution in [0.25, 0.3) is 0 Å². The van der Waals surface area contributed by atoms with Gasteiger partial charge in [0.15, 0.2) is 12.4 Å². The Balaban J connectivity index is 1.87. The molecule has 1 saturated carbocycles. The number of ether oxygens (including phenoxy) is 1. The first-order valence-electron chi connectivity index (χ1n) is 6.96. The summed E-state index contributed by atoms with van der Waals surface area (Å²) in [5, 5.41) is 17.0. The van der Waals surface area contributed by atoms with Crippen molar-refractivity contribution in [2.24, 2.45) is 5.41 Å². The zero-order chi connectivity index (χ0) is 15.0. The number of benzene rings is 1. The first-order valence-corrected chi connectivity index (χ1v) is 6.96. The molecule has 1 amide bonds. The van der Waals surface area contributed by atoms with Crippen LogP contribution in [0.2, 0.25) is 0 Å². The van der Waals surface area contributed by atoms with E-state index in [1.807, 2.05) is 0 Å². The molecule has 7 heteroatoms. The van der Waals surface area contributed by atoms with E-state index in [4.69, 9.17) is 4.74 Å². The molecule has 1 aromatic rings. The molecule has 7 nitrogen and oxygen atoms in total. The molecule has 0 atom stereocenters. The molecule has 0 radical (unpaired) electrons. The van der Waals surface area contributed by atoms with Crippen molar-refractivity contribution in [1.82, 2.24) is 0 Å². The van der Waals surface area contributed by atoms with Crippen LogP contribution in [0.3, 0.4) is 0 Å². The minimum absolute atomic E-state index is 0.0344. The molecule has 0 spiro atoms. The number of carbonyl (C=O) groups is 1. The average Bonchev–Trinajstić information content (AvgIpc) is 2.41. The molecular weight excluding hydrogens is 274 g/mol. The van der Waals surface area contributed by atoms with Crippen molar-refractivity contribution >= 4 is 23.0 Å². The van der Waals surface area contributed by atoms with Gasteiger partial charge in [-0.1, -0.05) is 13.3 Å². The SMILES string of the molecule is CC1(CNc2cc3c(cc2[N+](=O)[O-])OCC(=O)N3)CCC1. The van der Waals surface area contributed by atoms with E-state index in [-0.39, 0.29) is 23.6 Å². The first-order chi connectivity index (χ1) is 9.97. The second-order valence-electron chi connectivity index (χ2n) is 5.98. The van der Waals surface area contributed by atoms with Crippen molar-refractivity contribution in [2.45, 2.75) is 26.2 Å². The smallest absolute Gasteiger partial charge is 0.296 e. The van der Waals surface area contributed by atoms with Crippen molar-refractivity contribution < 1.29 is 14.5 Å². The van der Waals surface area contributed by atoms with Crippen LogP contribution in [0.15, 0.2) is 12.1 Å². The van der Waals surface area contributed by atoms with E-state index >= 15 is 0 Å². The Morgan fingerprint density at radius 1 is 1.48 bits per heavy atom. The van der Waals surface area contributed by atoms with Gasteiger partial charge in [0.25, 0.3) is 11.6 Å². The molecule has 0 aromatic heterocycles. The molecule has 0 saturated heterocycles. The molecule has 2 aliphatic rings. The van der Waals surface area contributed by atoms with Crippen molar-refractivity contribution in [3.05, 3.63) is 22.2 Å². The van der Waals surface area contributed by atoms with Crippen LogP contribution in [-0.4, -0.2) is 24.0 Å². The quantitative estimate of drug-likeness (QED) is 0.656. The summed E-state index contributed by atoms with van der Waals surface area (Å²) in [5.74, 6) is 0.0787. The van der Waals surface area contributed by atoms with Crippen LogP contribution in [-0.2, 0) is 4.79 Å². The minimum Gasteiger partial charge on any atom is -0.481 e. The highest BCUT2D eigenvalue weighted by atomic mass is 16.6. The lowest BCUT2D eigenvalue weighted by Gasteiger charge is -2.38. The number of hydrogen-bond donors (Lipinski definition) is 2.